The number of halogens is 1. The van der Waals surface area contributed by atoms with E-state index < -0.39 is 0 Å². The number of pyridine rings is 1. The molecule has 2 heterocycles. The molecule has 0 fully saturated rings. The molecule has 2 aromatic rings. The van der Waals surface area contributed by atoms with Crippen LogP contribution in [-0.4, -0.2) is 20.7 Å². The van der Waals surface area contributed by atoms with Gasteiger partial charge in [0.05, 0.1) is 11.9 Å². The van der Waals surface area contributed by atoms with E-state index in [2.05, 4.69) is 31.3 Å². The van der Waals surface area contributed by atoms with Crippen molar-refractivity contribution in [1.82, 2.24) is 14.8 Å². The zero-order valence-electron chi connectivity index (χ0n) is 9.72. The quantitative estimate of drug-likeness (QED) is 0.901. The molecule has 0 saturated carbocycles. The van der Waals surface area contributed by atoms with Crippen LogP contribution >= 0.6 is 15.9 Å². The van der Waals surface area contributed by atoms with Crippen molar-refractivity contribution in [3.8, 4) is 0 Å². The maximum Gasteiger partial charge on any atom is 0.247 e. The van der Waals surface area contributed by atoms with Crippen molar-refractivity contribution in [1.29, 1.82) is 0 Å². The summed E-state index contributed by atoms with van der Waals surface area (Å²) in [5.74, 6) is 0.313. The Morgan fingerprint density at radius 1 is 1.56 bits per heavy atom. The molecule has 6 nitrogen and oxygen atoms in total. The largest absolute Gasteiger partial charge is 0.396 e. The number of aromatic nitrogens is 3. The molecule has 0 radical (unpaired) electrons. The van der Waals surface area contributed by atoms with Crippen molar-refractivity contribution in [3.63, 3.8) is 0 Å². The molecule has 2 aromatic heterocycles. The Kier molecular flexibility index (Phi) is 3.61. The van der Waals surface area contributed by atoms with Gasteiger partial charge in [0.1, 0.15) is 12.4 Å². The van der Waals surface area contributed by atoms with Crippen LogP contribution in [0.25, 0.3) is 0 Å². The highest BCUT2D eigenvalue weighted by molar-refractivity contribution is 9.10. The molecule has 0 saturated heterocycles. The molecule has 1 amide bonds. The van der Waals surface area contributed by atoms with E-state index in [-0.39, 0.29) is 12.5 Å². The molecule has 18 heavy (non-hydrogen) atoms. The Balaban J connectivity index is 2.00. The first-order valence-corrected chi connectivity index (χ1v) is 6.04. The summed E-state index contributed by atoms with van der Waals surface area (Å²) in [5.41, 5.74) is 7.04. The molecule has 3 N–H and O–H groups in total. The number of nitrogen functional groups attached to an aromatic ring is 1. The van der Waals surface area contributed by atoms with E-state index in [1.807, 2.05) is 6.92 Å². The molecule has 0 aliphatic rings. The standard InChI is InChI=1S/C11H12BrN5O/c1-7-2-10(14-4-9(7)12)16-11(18)6-17-5-8(13)3-15-17/h2-5H,6,13H2,1H3,(H,14,16,18). The molecule has 0 aliphatic heterocycles. The van der Waals surface area contributed by atoms with Crippen molar-refractivity contribution < 1.29 is 4.79 Å². The summed E-state index contributed by atoms with van der Waals surface area (Å²) in [6, 6.07) is 1.79. The highest BCUT2D eigenvalue weighted by Crippen LogP contribution is 2.17. The van der Waals surface area contributed by atoms with E-state index in [1.165, 1.54) is 10.9 Å². The number of amides is 1. The fourth-order valence-corrected chi connectivity index (χ4v) is 1.62. The van der Waals surface area contributed by atoms with Crippen molar-refractivity contribution in [2.75, 3.05) is 11.1 Å². The van der Waals surface area contributed by atoms with Crippen LogP contribution in [0.2, 0.25) is 0 Å². The van der Waals surface area contributed by atoms with E-state index in [0.29, 0.717) is 11.5 Å². The number of hydrogen-bond donors (Lipinski definition) is 2. The summed E-state index contributed by atoms with van der Waals surface area (Å²) in [6.07, 6.45) is 4.74. The fourth-order valence-electron chi connectivity index (χ4n) is 1.40. The summed E-state index contributed by atoms with van der Waals surface area (Å²) in [6.45, 7) is 2.03. The molecule has 0 aliphatic carbocycles. The molecule has 2 rings (SSSR count). The van der Waals surface area contributed by atoms with Crippen LogP contribution in [0.15, 0.2) is 29.1 Å². The van der Waals surface area contributed by atoms with Crippen LogP contribution in [-0.2, 0) is 11.3 Å². The lowest BCUT2D eigenvalue weighted by Gasteiger charge is -2.06. The van der Waals surface area contributed by atoms with Crippen LogP contribution < -0.4 is 11.1 Å². The second-order valence-electron chi connectivity index (χ2n) is 3.84. The molecular weight excluding hydrogens is 298 g/mol. The summed E-state index contributed by atoms with van der Waals surface area (Å²) in [5, 5.41) is 6.63. The van der Waals surface area contributed by atoms with Crippen molar-refractivity contribution in [2.45, 2.75) is 13.5 Å². The molecule has 0 spiro atoms. The Hall–Kier alpha value is -1.89. The van der Waals surface area contributed by atoms with Gasteiger partial charge in [0.15, 0.2) is 0 Å². The number of nitrogens with one attached hydrogen (secondary N) is 1. The molecular formula is C11H12BrN5O. The average molecular weight is 310 g/mol. The van der Waals surface area contributed by atoms with Gasteiger partial charge < -0.3 is 11.1 Å². The van der Waals surface area contributed by atoms with Gasteiger partial charge in [-0.15, -0.1) is 0 Å². The van der Waals surface area contributed by atoms with E-state index in [1.54, 1.807) is 18.5 Å². The van der Waals surface area contributed by atoms with Crippen molar-refractivity contribution in [3.05, 3.63) is 34.7 Å². The fraction of sp³-hybridized carbons (Fsp3) is 0.182. The van der Waals surface area contributed by atoms with Gasteiger partial charge >= 0.3 is 0 Å². The average Bonchev–Trinajstić information content (AvgIpc) is 2.69. The number of hydrogen-bond acceptors (Lipinski definition) is 4. The van der Waals surface area contributed by atoms with Gasteiger partial charge in [0.2, 0.25) is 5.91 Å². The molecule has 0 unspecified atom stereocenters. The van der Waals surface area contributed by atoms with E-state index in [0.717, 1.165) is 10.0 Å². The van der Waals surface area contributed by atoms with Crippen LogP contribution in [0, 0.1) is 6.92 Å². The predicted octanol–water partition coefficient (Wildman–Crippen LogP) is 1.57. The first kappa shape index (κ1) is 12.6. The Labute approximate surface area is 112 Å². The lowest BCUT2D eigenvalue weighted by atomic mass is 10.3. The minimum atomic E-state index is -0.202. The van der Waals surface area contributed by atoms with Gasteiger partial charge in [0.25, 0.3) is 0 Å². The normalized spacial score (nSPS) is 10.3. The smallest absolute Gasteiger partial charge is 0.247 e. The van der Waals surface area contributed by atoms with Gasteiger partial charge in [-0.25, -0.2) is 4.98 Å². The maximum absolute atomic E-state index is 11.7. The molecule has 0 bridgehead atoms. The summed E-state index contributed by atoms with van der Waals surface area (Å²) in [4.78, 5) is 15.8. The monoisotopic (exact) mass is 309 g/mol. The third kappa shape index (κ3) is 3.07. The zero-order valence-corrected chi connectivity index (χ0v) is 11.3. The summed E-state index contributed by atoms with van der Waals surface area (Å²) >= 11 is 3.35. The number of rotatable bonds is 3. The Bertz CT molecular complexity index is 581. The zero-order chi connectivity index (χ0) is 13.1. The number of nitrogens with zero attached hydrogens (tertiary/aromatic N) is 3. The van der Waals surface area contributed by atoms with Crippen LogP contribution in [0.5, 0.6) is 0 Å². The topological polar surface area (TPSA) is 85.8 Å². The first-order valence-electron chi connectivity index (χ1n) is 5.24. The lowest BCUT2D eigenvalue weighted by molar-refractivity contribution is -0.116. The van der Waals surface area contributed by atoms with Crippen molar-refractivity contribution in [2.24, 2.45) is 0 Å². The third-order valence-electron chi connectivity index (χ3n) is 2.27. The van der Waals surface area contributed by atoms with Crippen molar-refractivity contribution >= 4 is 33.3 Å². The Morgan fingerprint density at radius 3 is 2.94 bits per heavy atom. The van der Waals surface area contributed by atoms with E-state index >= 15 is 0 Å². The number of carbonyl (C=O) groups excluding carboxylic acids is 1. The second-order valence-corrected chi connectivity index (χ2v) is 4.69. The maximum atomic E-state index is 11.7. The second kappa shape index (κ2) is 5.18. The number of anilines is 2. The first-order chi connectivity index (χ1) is 8.54. The van der Waals surface area contributed by atoms with Gasteiger partial charge in [0, 0.05) is 16.9 Å². The number of carbonyl (C=O) groups is 1. The molecule has 94 valence electrons. The van der Waals surface area contributed by atoms with Gasteiger partial charge in [-0.05, 0) is 34.5 Å². The molecule has 7 heteroatoms. The highest BCUT2D eigenvalue weighted by Gasteiger charge is 2.06. The highest BCUT2D eigenvalue weighted by atomic mass is 79.9. The van der Waals surface area contributed by atoms with Crippen LogP contribution in [0.4, 0.5) is 11.5 Å². The van der Waals surface area contributed by atoms with Gasteiger partial charge in [-0.3, -0.25) is 9.48 Å². The minimum Gasteiger partial charge on any atom is -0.396 e. The van der Waals surface area contributed by atoms with Crippen LogP contribution in [0.1, 0.15) is 5.56 Å². The van der Waals surface area contributed by atoms with Crippen LogP contribution in [0.3, 0.4) is 0 Å². The molecule has 0 aromatic carbocycles. The molecule has 0 atom stereocenters. The van der Waals surface area contributed by atoms with E-state index in [9.17, 15) is 4.79 Å². The van der Waals surface area contributed by atoms with E-state index in [4.69, 9.17) is 5.73 Å². The van der Waals surface area contributed by atoms with Gasteiger partial charge in [-0.2, -0.15) is 5.10 Å². The van der Waals surface area contributed by atoms with Gasteiger partial charge in [-0.1, -0.05) is 0 Å². The third-order valence-corrected chi connectivity index (χ3v) is 3.10. The predicted molar refractivity (Wildman–Crippen MR) is 71.9 cm³/mol. The number of nitrogens with two attached hydrogens (primary N) is 1. The number of aryl methyl sites for hydroxylation is 1. The minimum absolute atomic E-state index is 0.105. The summed E-state index contributed by atoms with van der Waals surface area (Å²) < 4.78 is 2.37. The summed E-state index contributed by atoms with van der Waals surface area (Å²) in [7, 11) is 0. The SMILES string of the molecule is Cc1cc(NC(=O)Cn2cc(N)cn2)ncc1Br. The lowest BCUT2D eigenvalue weighted by Crippen LogP contribution is -2.19. The Morgan fingerprint density at radius 2 is 2.33 bits per heavy atom.